The second-order valence-electron chi connectivity index (χ2n) is 3.64. The van der Waals surface area contributed by atoms with Gasteiger partial charge in [-0.15, -0.1) is 0 Å². The molecule has 0 saturated heterocycles. The van der Waals surface area contributed by atoms with E-state index in [0.717, 1.165) is 12.1 Å². The number of rotatable bonds is 3. The minimum absolute atomic E-state index is 0.184. The van der Waals surface area contributed by atoms with Gasteiger partial charge in [-0.25, -0.2) is 0 Å². The molecule has 0 aliphatic rings. The van der Waals surface area contributed by atoms with Crippen LogP contribution in [0.2, 0.25) is 0 Å². The van der Waals surface area contributed by atoms with E-state index < -0.39 is 23.4 Å². The molecule has 6 heteroatoms. The van der Waals surface area contributed by atoms with Crippen LogP contribution in [0, 0.1) is 11.9 Å². The van der Waals surface area contributed by atoms with Crippen LogP contribution < -0.4 is 5.32 Å². The molecule has 0 aliphatic heterocycles. The van der Waals surface area contributed by atoms with Gasteiger partial charge in [-0.3, -0.25) is 4.79 Å². The van der Waals surface area contributed by atoms with Crippen LogP contribution in [-0.4, -0.2) is 23.6 Å². The highest BCUT2D eigenvalue weighted by Gasteiger charge is 2.27. The van der Waals surface area contributed by atoms with Crippen molar-refractivity contribution in [3.8, 4) is 0 Å². The lowest BCUT2D eigenvalue weighted by molar-refractivity contribution is -0.133. The Kier molecular flexibility index (Phi) is 3.54. The fourth-order valence-electron chi connectivity index (χ4n) is 0.871. The van der Waals surface area contributed by atoms with Crippen molar-refractivity contribution in [3.05, 3.63) is 24.0 Å². The normalized spacial score (nSPS) is 11.3. The number of ether oxygens (including phenoxy) is 1. The van der Waals surface area contributed by atoms with Gasteiger partial charge in [0, 0.05) is 7.11 Å². The number of hydrogen-bond acceptors (Lipinski definition) is 3. The molecule has 1 amide bonds. The van der Waals surface area contributed by atoms with Crippen molar-refractivity contribution in [2.24, 2.45) is 0 Å². The first-order valence-electron chi connectivity index (χ1n) is 4.55. The standard InChI is InChI=1S/C10H12F2N2O2/c1-10(2,16-3)9(15)13-6-4-5-7(11)14-8(6)12/h4-5H,1-3H3,(H,13,15). The van der Waals surface area contributed by atoms with E-state index in [1.807, 2.05) is 0 Å². The van der Waals surface area contributed by atoms with Gasteiger partial charge in [0.25, 0.3) is 5.91 Å². The minimum atomic E-state index is -1.10. The van der Waals surface area contributed by atoms with Crippen molar-refractivity contribution in [2.75, 3.05) is 12.4 Å². The molecular formula is C10H12F2N2O2. The van der Waals surface area contributed by atoms with E-state index in [1.165, 1.54) is 21.0 Å². The highest BCUT2D eigenvalue weighted by molar-refractivity contribution is 5.96. The van der Waals surface area contributed by atoms with Gasteiger partial charge in [0.1, 0.15) is 5.60 Å². The van der Waals surface area contributed by atoms with E-state index in [9.17, 15) is 13.6 Å². The third kappa shape index (κ3) is 2.73. The Hall–Kier alpha value is -1.56. The van der Waals surface area contributed by atoms with Crippen LogP contribution in [-0.2, 0) is 9.53 Å². The molecule has 0 atom stereocenters. The summed E-state index contributed by atoms with van der Waals surface area (Å²) >= 11 is 0. The predicted molar refractivity (Wildman–Crippen MR) is 53.9 cm³/mol. The van der Waals surface area contributed by atoms with Crippen molar-refractivity contribution in [1.29, 1.82) is 0 Å². The Morgan fingerprint density at radius 1 is 1.44 bits per heavy atom. The topological polar surface area (TPSA) is 51.2 Å². The average Bonchev–Trinajstić information content (AvgIpc) is 2.22. The zero-order valence-electron chi connectivity index (χ0n) is 9.17. The number of pyridine rings is 1. The Balaban J connectivity index is 2.85. The third-order valence-corrected chi connectivity index (χ3v) is 2.12. The molecule has 0 aromatic carbocycles. The van der Waals surface area contributed by atoms with Crippen molar-refractivity contribution in [3.63, 3.8) is 0 Å². The Labute approximate surface area is 91.6 Å². The van der Waals surface area contributed by atoms with Crippen molar-refractivity contribution in [2.45, 2.75) is 19.4 Å². The first-order chi connectivity index (χ1) is 7.36. The molecule has 0 unspecified atom stereocenters. The van der Waals surface area contributed by atoms with Crippen molar-refractivity contribution >= 4 is 11.6 Å². The first kappa shape index (κ1) is 12.5. The summed E-state index contributed by atoms with van der Waals surface area (Å²) in [5, 5.41) is 2.26. The minimum Gasteiger partial charge on any atom is -0.369 e. The largest absolute Gasteiger partial charge is 0.369 e. The summed E-state index contributed by atoms with van der Waals surface area (Å²) in [5.41, 5.74) is -1.28. The SMILES string of the molecule is COC(C)(C)C(=O)Nc1ccc(F)nc1F. The van der Waals surface area contributed by atoms with Crippen LogP contribution >= 0.6 is 0 Å². The molecule has 0 spiro atoms. The van der Waals surface area contributed by atoms with Gasteiger partial charge in [-0.05, 0) is 26.0 Å². The van der Waals surface area contributed by atoms with E-state index >= 15 is 0 Å². The van der Waals surface area contributed by atoms with Crippen LogP contribution in [0.4, 0.5) is 14.5 Å². The molecule has 1 aromatic rings. The summed E-state index contributed by atoms with van der Waals surface area (Å²) in [7, 11) is 1.36. The molecule has 1 heterocycles. The molecule has 0 fully saturated rings. The van der Waals surface area contributed by atoms with Crippen molar-refractivity contribution < 1.29 is 18.3 Å². The Morgan fingerprint density at radius 2 is 2.06 bits per heavy atom. The van der Waals surface area contributed by atoms with Crippen LogP contribution in [0.15, 0.2) is 12.1 Å². The van der Waals surface area contributed by atoms with E-state index in [-0.39, 0.29) is 5.69 Å². The number of amides is 1. The van der Waals surface area contributed by atoms with Gasteiger partial charge in [-0.2, -0.15) is 13.8 Å². The highest BCUT2D eigenvalue weighted by Crippen LogP contribution is 2.15. The number of aromatic nitrogens is 1. The van der Waals surface area contributed by atoms with Crippen LogP contribution in [0.3, 0.4) is 0 Å². The first-order valence-corrected chi connectivity index (χ1v) is 4.55. The molecule has 1 rings (SSSR count). The van der Waals surface area contributed by atoms with Gasteiger partial charge in [0.05, 0.1) is 5.69 Å². The molecule has 88 valence electrons. The second kappa shape index (κ2) is 4.52. The molecule has 0 radical (unpaired) electrons. The quantitative estimate of drug-likeness (QED) is 0.804. The molecule has 16 heavy (non-hydrogen) atoms. The van der Waals surface area contributed by atoms with Gasteiger partial charge in [-0.1, -0.05) is 0 Å². The zero-order chi connectivity index (χ0) is 12.3. The summed E-state index contributed by atoms with van der Waals surface area (Å²) in [5.74, 6) is -2.55. The van der Waals surface area contributed by atoms with Gasteiger partial charge in [0.2, 0.25) is 11.9 Å². The third-order valence-electron chi connectivity index (χ3n) is 2.12. The summed E-state index contributed by atoms with van der Waals surface area (Å²) in [4.78, 5) is 14.5. The maximum absolute atomic E-state index is 13.1. The summed E-state index contributed by atoms with van der Waals surface area (Å²) in [6, 6.07) is 2.06. The van der Waals surface area contributed by atoms with Crippen LogP contribution in [0.25, 0.3) is 0 Å². The maximum Gasteiger partial charge on any atom is 0.256 e. The lowest BCUT2D eigenvalue weighted by atomic mass is 10.1. The van der Waals surface area contributed by atoms with E-state index in [1.54, 1.807) is 0 Å². The summed E-state index contributed by atoms with van der Waals surface area (Å²) in [6.07, 6.45) is 0. The van der Waals surface area contributed by atoms with Crippen LogP contribution in [0.5, 0.6) is 0 Å². The lowest BCUT2D eigenvalue weighted by Crippen LogP contribution is -2.39. The van der Waals surface area contributed by atoms with Gasteiger partial charge < -0.3 is 10.1 Å². The van der Waals surface area contributed by atoms with Gasteiger partial charge in [0.15, 0.2) is 0 Å². The average molecular weight is 230 g/mol. The smallest absolute Gasteiger partial charge is 0.256 e. The molecule has 1 N–H and O–H groups in total. The Morgan fingerprint density at radius 3 is 2.56 bits per heavy atom. The number of anilines is 1. The molecule has 0 saturated carbocycles. The number of halogens is 2. The van der Waals surface area contributed by atoms with E-state index in [0.29, 0.717) is 0 Å². The fraction of sp³-hybridized carbons (Fsp3) is 0.400. The monoisotopic (exact) mass is 230 g/mol. The molecule has 4 nitrogen and oxygen atoms in total. The summed E-state index contributed by atoms with van der Waals surface area (Å²) < 4.78 is 30.5. The highest BCUT2D eigenvalue weighted by atomic mass is 19.1. The number of carbonyl (C=O) groups excluding carboxylic acids is 1. The number of carbonyl (C=O) groups is 1. The Bertz CT molecular complexity index is 408. The zero-order valence-corrected chi connectivity index (χ0v) is 9.17. The molecule has 1 aromatic heterocycles. The molecule has 0 bridgehead atoms. The van der Waals surface area contributed by atoms with E-state index in [4.69, 9.17) is 4.74 Å². The second-order valence-corrected chi connectivity index (χ2v) is 3.64. The number of methoxy groups -OCH3 is 1. The van der Waals surface area contributed by atoms with E-state index in [2.05, 4.69) is 10.3 Å². The molecule has 0 aliphatic carbocycles. The fourth-order valence-corrected chi connectivity index (χ4v) is 0.871. The molecular weight excluding hydrogens is 218 g/mol. The summed E-state index contributed by atoms with van der Waals surface area (Å²) in [6.45, 7) is 3.05. The van der Waals surface area contributed by atoms with Gasteiger partial charge >= 0.3 is 0 Å². The van der Waals surface area contributed by atoms with Crippen molar-refractivity contribution in [1.82, 2.24) is 4.98 Å². The number of hydrogen-bond donors (Lipinski definition) is 1. The van der Waals surface area contributed by atoms with Crippen LogP contribution in [0.1, 0.15) is 13.8 Å². The number of nitrogens with one attached hydrogen (secondary N) is 1. The predicted octanol–water partition coefficient (Wildman–Crippen LogP) is 1.72. The maximum atomic E-state index is 13.1. The number of nitrogens with zero attached hydrogens (tertiary/aromatic N) is 1. The lowest BCUT2D eigenvalue weighted by Gasteiger charge is -2.21.